The molecule has 0 saturated heterocycles. The first-order valence-electron chi connectivity index (χ1n) is 6.21. The maximum absolute atomic E-state index is 8.24. The van der Waals surface area contributed by atoms with E-state index in [1.54, 1.807) is 12.4 Å². The molecule has 0 aromatic carbocycles. The van der Waals surface area contributed by atoms with Crippen molar-refractivity contribution in [3.05, 3.63) is 36.3 Å². The van der Waals surface area contributed by atoms with Crippen LogP contribution in [0.3, 0.4) is 0 Å². The summed E-state index contributed by atoms with van der Waals surface area (Å²) in [5, 5.41) is 10.2. The number of aromatic amines is 1. The molecule has 3 aromatic heterocycles. The second-order valence-electron chi connectivity index (χ2n) is 4.78. The Labute approximate surface area is 110 Å². The Morgan fingerprint density at radius 1 is 1.42 bits per heavy atom. The van der Waals surface area contributed by atoms with Crippen LogP contribution in [0.5, 0.6) is 0 Å². The second-order valence-corrected chi connectivity index (χ2v) is 4.78. The molecule has 3 rings (SSSR count). The molecule has 0 bridgehead atoms. The molecule has 1 unspecified atom stereocenters. The third kappa shape index (κ3) is 1.98. The Morgan fingerprint density at radius 2 is 2.26 bits per heavy atom. The molecule has 0 aliphatic carbocycles. The highest BCUT2D eigenvalue weighted by molar-refractivity contribution is 6.16. The van der Waals surface area contributed by atoms with Crippen LogP contribution in [0.2, 0.25) is 0 Å². The van der Waals surface area contributed by atoms with Crippen LogP contribution in [-0.4, -0.2) is 26.7 Å². The van der Waals surface area contributed by atoms with Crippen LogP contribution < -0.4 is 5.73 Å². The minimum Gasteiger partial charge on any atom is -0.360 e. The van der Waals surface area contributed by atoms with Crippen molar-refractivity contribution in [2.24, 2.45) is 5.73 Å². The Morgan fingerprint density at radius 3 is 3.05 bits per heavy atom. The molecule has 0 fully saturated rings. The molecular weight excluding hydrogens is 238 g/mol. The molecule has 5 nitrogen and oxygen atoms in total. The Balaban J connectivity index is 2.29. The highest BCUT2D eigenvalue weighted by atomic mass is 14.8. The van der Waals surface area contributed by atoms with Crippen LogP contribution in [0.1, 0.15) is 18.9 Å². The van der Waals surface area contributed by atoms with Crippen LogP contribution in [-0.2, 0) is 0 Å². The lowest BCUT2D eigenvalue weighted by molar-refractivity contribution is 0.777. The van der Waals surface area contributed by atoms with Crippen LogP contribution >= 0.6 is 0 Å². The van der Waals surface area contributed by atoms with Gasteiger partial charge < -0.3 is 16.1 Å². The monoisotopic (exact) mass is 253 g/mol. The highest BCUT2D eigenvalue weighted by Gasteiger charge is 2.12. The van der Waals surface area contributed by atoms with Crippen molar-refractivity contribution in [3.8, 4) is 0 Å². The van der Waals surface area contributed by atoms with E-state index in [0.717, 1.165) is 21.9 Å². The van der Waals surface area contributed by atoms with Gasteiger partial charge in [0.15, 0.2) is 5.65 Å². The molecule has 96 valence electrons. The average Bonchev–Trinajstić information content (AvgIpc) is 2.85. The number of nitrogens with zero attached hydrogens (tertiary/aromatic N) is 2. The van der Waals surface area contributed by atoms with E-state index in [0.29, 0.717) is 17.8 Å². The smallest absolute Gasteiger partial charge is 0.159 e. The Bertz CT molecular complexity index is 757. The lowest BCUT2D eigenvalue weighted by Crippen LogP contribution is -2.19. The van der Waals surface area contributed by atoms with Gasteiger partial charge in [-0.25, -0.2) is 9.97 Å². The molecule has 0 saturated carbocycles. The minimum absolute atomic E-state index is 0.0261. The number of nitrogens with one attached hydrogen (secondary N) is 2. The molecule has 19 heavy (non-hydrogen) atoms. The van der Waals surface area contributed by atoms with Gasteiger partial charge in [-0.05, 0) is 19.1 Å². The number of hydrogen-bond acceptors (Lipinski definition) is 4. The third-order valence-corrected chi connectivity index (χ3v) is 3.14. The fourth-order valence-corrected chi connectivity index (χ4v) is 2.34. The van der Waals surface area contributed by atoms with E-state index in [1.807, 2.05) is 25.3 Å². The van der Waals surface area contributed by atoms with E-state index in [1.165, 1.54) is 0 Å². The van der Waals surface area contributed by atoms with Gasteiger partial charge >= 0.3 is 0 Å². The van der Waals surface area contributed by atoms with Crippen molar-refractivity contribution in [2.45, 2.75) is 19.4 Å². The molecule has 4 N–H and O–H groups in total. The largest absolute Gasteiger partial charge is 0.360 e. The average molecular weight is 253 g/mol. The van der Waals surface area contributed by atoms with Gasteiger partial charge in [0, 0.05) is 46.9 Å². The molecule has 0 amide bonds. The lowest BCUT2D eigenvalue weighted by Gasteiger charge is -2.11. The van der Waals surface area contributed by atoms with Crippen molar-refractivity contribution in [2.75, 3.05) is 0 Å². The fraction of sp³-hybridized carbons (Fsp3) is 0.214. The van der Waals surface area contributed by atoms with Crippen molar-refractivity contribution in [1.82, 2.24) is 15.0 Å². The van der Waals surface area contributed by atoms with E-state index in [4.69, 9.17) is 11.1 Å². The highest BCUT2D eigenvalue weighted by Crippen LogP contribution is 2.25. The number of hydrogen-bond donors (Lipinski definition) is 3. The summed E-state index contributed by atoms with van der Waals surface area (Å²) in [6.07, 6.45) is 5.88. The molecule has 5 heteroatoms. The maximum Gasteiger partial charge on any atom is 0.159 e. The van der Waals surface area contributed by atoms with Crippen molar-refractivity contribution in [3.63, 3.8) is 0 Å². The summed E-state index contributed by atoms with van der Waals surface area (Å²) in [5.41, 5.74) is 8.85. The van der Waals surface area contributed by atoms with Crippen molar-refractivity contribution in [1.29, 1.82) is 5.41 Å². The first-order chi connectivity index (χ1) is 9.16. The third-order valence-electron chi connectivity index (χ3n) is 3.14. The fourth-order valence-electron chi connectivity index (χ4n) is 2.34. The van der Waals surface area contributed by atoms with Gasteiger partial charge in [-0.1, -0.05) is 0 Å². The maximum atomic E-state index is 8.24. The zero-order valence-corrected chi connectivity index (χ0v) is 10.6. The second kappa shape index (κ2) is 4.44. The van der Waals surface area contributed by atoms with Gasteiger partial charge in [0.05, 0.1) is 11.7 Å². The van der Waals surface area contributed by atoms with Crippen LogP contribution in [0, 0.1) is 5.41 Å². The van der Waals surface area contributed by atoms with Gasteiger partial charge in [-0.15, -0.1) is 0 Å². The van der Waals surface area contributed by atoms with Crippen LogP contribution in [0.4, 0.5) is 0 Å². The zero-order chi connectivity index (χ0) is 13.4. The van der Waals surface area contributed by atoms with E-state index in [-0.39, 0.29) is 6.04 Å². The van der Waals surface area contributed by atoms with E-state index >= 15 is 0 Å². The summed E-state index contributed by atoms with van der Waals surface area (Å²) in [5.74, 6) is 0. The van der Waals surface area contributed by atoms with Crippen molar-refractivity contribution < 1.29 is 0 Å². The zero-order valence-electron chi connectivity index (χ0n) is 10.6. The summed E-state index contributed by atoms with van der Waals surface area (Å²) in [6.45, 7) is 1.91. The van der Waals surface area contributed by atoms with Gasteiger partial charge in [0.1, 0.15) is 0 Å². The standard InChI is InChI=1S/C14H15N5/c1-8(15)6-11(16)9-2-4-17-12-7-19-14-10(13(9)12)3-5-18-14/h2-5,7-8,16-17H,6,15H2,1H3. The van der Waals surface area contributed by atoms with Gasteiger partial charge in [-0.2, -0.15) is 0 Å². The number of H-pyrrole nitrogens is 1. The summed E-state index contributed by atoms with van der Waals surface area (Å²) < 4.78 is 0. The SMILES string of the molecule is CC(N)CC(=N)c1cc[nH]c2cnc3nccc3c12. The molecule has 3 aromatic rings. The molecule has 3 heterocycles. The molecule has 0 spiro atoms. The van der Waals surface area contributed by atoms with Gasteiger partial charge in [0.2, 0.25) is 0 Å². The molecule has 0 aliphatic heterocycles. The number of rotatable bonds is 3. The van der Waals surface area contributed by atoms with Crippen molar-refractivity contribution >= 4 is 27.6 Å². The first kappa shape index (κ1) is 11.8. The minimum atomic E-state index is -0.0261. The van der Waals surface area contributed by atoms with E-state index in [9.17, 15) is 0 Å². The summed E-state index contributed by atoms with van der Waals surface area (Å²) in [6, 6.07) is 3.82. The number of aromatic nitrogens is 3. The number of pyridine rings is 2. The predicted molar refractivity (Wildman–Crippen MR) is 76.5 cm³/mol. The quantitative estimate of drug-likeness (QED) is 0.625. The number of nitrogens with two attached hydrogens (primary N) is 1. The molecular formula is C14H15N5. The summed E-state index contributed by atoms with van der Waals surface area (Å²) in [4.78, 5) is 11.7. The molecule has 1 atom stereocenters. The first-order valence-corrected chi connectivity index (χ1v) is 6.21. The van der Waals surface area contributed by atoms with E-state index < -0.39 is 0 Å². The Hall–Kier alpha value is -2.27. The number of fused-ring (bicyclic) bond motifs is 3. The molecule has 0 aliphatic rings. The van der Waals surface area contributed by atoms with Crippen LogP contribution in [0.25, 0.3) is 21.9 Å². The summed E-state index contributed by atoms with van der Waals surface area (Å²) in [7, 11) is 0. The lowest BCUT2D eigenvalue weighted by atomic mass is 9.99. The Kier molecular flexibility index (Phi) is 2.76. The normalized spacial score (nSPS) is 12.9. The topological polar surface area (TPSA) is 91.4 Å². The predicted octanol–water partition coefficient (Wildman–Crippen LogP) is 2.22. The molecule has 0 radical (unpaired) electrons. The van der Waals surface area contributed by atoms with Crippen LogP contribution in [0.15, 0.2) is 30.7 Å². The van der Waals surface area contributed by atoms with E-state index in [2.05, 4.69) is 15.0 Å². The van der Waals surface area contributed by atoms with Gasteiger partial charge in [0.25, 0.3) is 0 Å². The van der Waals surface area contributed by atoms with Gasteiger partial charge in [-0.3, -0.25) is 0 Å². The summed E-state index contributed by atoms with van der Waals surface area (Å²) >= 11 is 0.